The number of ether oxygens (including phenoxy) is 1. The molecular weight excluding hydrogens is 342 g/mol. The Balaban J connectivity index is 2.18. The van der Waals surface area contributed by atoms with Gasteiger partial charge in [0.15, 0.2) is 0 Å². The number of nitrogens with two attached hydrogens (primary N) is 1. The zero-order chi connectivity index (χ0) is 18.8. The zero-order valence-corrected chi connectivity index (χ0v) is 16.1. The van der Waals surface area contributed by atoms with Crippen LogP contribution in [0.15, 0.2) is 17.0 Å². The lowest BCUT2D eigenvalue weighted by Crippen LogP contribution is -2.53. The van der Waals surface area contributed by atoms with E-state index in [-0.39, 0.29) is 10.8 Å². The minimum Gasteiger partial charge on any atom is -0.379 e. The maximum Gasteiger partial charge on any atom is 0.251 e. The van der Waals surface area contributed by atoms with E-state index in [0.29, 0.717) is 36.4 Å². The van der Waals surface area contributed by atoms with Gasteiger partial charge in [-0.25, -0.2) is 13.6 Å². The first kappa shape index (κ1) is 19.8. The maximum atomic E-state index is 12.7. The first-order chi connectivity index (χ1) is 11.5. The summed E-state index contributed by atoms with van der Waals surface area (Å²) in [6.07, 6.45) is 0. The number of hydrogen-bond acceptors (Lipinski definition) is 5. The highest BCUT2D eigenvalue weighted by Crippen LogP contribution is 2.20. The molecule has 3 N–H and O–H groups in total. The maximum absolute atomic E-state index is 12.7. The van der Waals surface area contributed by atoms with Gasteiger partial charge >= 0.3 is 0 Å². The van der Waals surface area contributed by atoms with E-state index in [1.807, 2.05) is 13.8 Å². The Labute approximate surface area is 149 Å². The minimum atomic E-state index is -3.88. The fourth-order valence-corrected chi connectivity index (χ4v) is 3.87. The molecule has 1 aliphatic rings. The molecular formula is C17H27N3O4S. The predicted octanol–water partition coefficient (Wildman–Crippen LogP) is 0.791. The molecule has 0 atom stereocenters. The van der Waals surface area contributed by atoms with E-state index in [0.717, 1.165) is 13.1 Å². The number of carbonyl (C=O) groups excluding carboxylic acids is 1. The lowest BCUT2D eigenvalue weighted by atomic mass is 10.0. The van der Waals surface area contributed by atoms with Crippen LogP contribution in [0.1, 0.15) is 35.3 Å². The monoisotopic (exact) mass is 369 g/mol. The topological polar surface area (TPSA) is 102 Å². The number of primary sulfonamides is 1. The Kier molecular flexibility index (Phi) is 5.88. The summed E-state index contributed by atoms with van der Waals surface area (Å²) in [5.41, 5.74) is 1.10. The van der Waals surface area contributed by atoms with Crippen molar-refractivity contribution < 1.29 is 17.9 Å². The van der Waals surface area contributed by atoms with Crippen LogP contribution in [-0.2, 0) is 14.8 Å². The molecule has 0 aromatic heterocycles. The summed E-state index contributed by atoms with van der Waals surface area (Å²) in [5.74, 6) is -0.314. The molecule has 1 aromatic carbocycles. The van der Waals surface area contributed by atoms with E-state index in [1.54, 1.807) is 19.9 Å². The molecule has 1 saturated heterocycles. The average Bonchev–Trinajstić information content (AvgIpc) is 2.48. The van der Waals surface area contributed by atoms with Gasteiger partial charge in [-0.15, -0.1) is 0 Å². The highest BCUT2D eigenvalue weighted by molar-refractivity contribution is 7.89. The lowest BCUT2D eigenvalue weighted by molar-refractivity contribution is 0.0269. The standard InChI is InChI=1S/C17H27N3O4S/c1-12-9-14(10-15(13(12)2)25(18,22)23)16(21)19-17(3,4)11-20-5-7-24-8-6-20/h9-10H,5-8,11H2,1-4H3,(H,19,21)(H2,18,22,23). The molecule has 7 nitrogen and oxygen atoms in total. The Morgan fingerprint density at radius 3 is 2.44 bits per heavy atom. The molecule has 0 unspecified atom stereocenters. The van der Waals surface area contributed by atoms with Crippen molar-refractivity contribution >= 4 is 15.9 Å². The fourth-order valence-electron chi connectivity index (χ4n) is 2.99. The number of hydrogen-bond donors (Lipinski definition) is 2. The smallest absolute Gasteiger partial charge is 0.251 e. The van der Waals surface area contributed by atoms with Gasteiger partial charge in [-0.3, -0.25) is 9.69 Å². The summed E-state index contributed by atoms with van der Waals surface area (Å²) in [7, 11) is -3.88. The van der Waals surface area contributed by atoms with Crippen LogP contribution in [0.5, 0.6) is 0 Å². The molecule has 1 heterocycles. The summed E-state index contributed by atoms with van der Waals surface area (Å²) in [6, 6.07) is 3.03. The number of aryl methyl sites for hydroxylation is 1. The van der Waals surface area contributed by atoms with Crippen LogP contribution >= 0.6 is 0 Å². The molecule has 1 fully saturated rings. The third kappa shape index (κ3) is 5.24. The summed E-state index contributed by atoms with van der Waals surface area (Å²) in [4.78, 5) is 14.9. The molecule has 140 valence electrons. The molecule has 0 radical (unpaired) electrons. The van der Waals surface area contributed by atoms with Crippen molar-refractivity contribution in [3.05, 3.63) is 28.8 Å². The van der Waals surface area contributed by atoms with E-state index in [4.69, 9.17) is 9.88 Å². The van der Waals surface area contributed by atoms with Crippen LogP contribution in [-0.4, -0.2) is 57.6 Å². The van der Waals surface area contributed by atoms with Crippen LogP contribution in [0, 0.1) is 13.8 Å². The number of amides is 1. The van der Waals surface area contributed by atoms with Gasteiger partial charge in [0.05, 0.1) is 18.1 Å². The second-order valence-corrected chi connectivity index (χ2v) is 8.72. The third-order valence-electron chi connectivity index (χ3n) is 4.36. The molecule has 0 spiro atoms. The van der Waals surface area contributed by atoms with Crippen LogP contribution in [0.4, 0.5) is 0 Å². The molecule has 0 aliphatic carbocycles. The average molecular weight is 369 g/mol. The summed E-state index contributed by atoms with van der Waals surface area (Å²) in [5, 5.41) is 8.26. The summed E-state index contributed by atoms with van der Waals surface area (Å²) < 4.78 is 28.8. The predicted molar refractivity (Wildman–Crippen MR) is 96.1 cm³/mol. The second-order valence-electron chi connectivity index (χ2n) is 7.19. The van der Waals surface area contributed by atoms with Crippen molar-refractivity contribution in [3.63, 3.8) is 0 Å². The third-order valence-corrected chi connectivity index (χ3v) is 5.40. The molecule has 1 aliphatic heterocycles. The van der Waals surface area contributed by atoms with Gasteiger partial charge < -0.3 is 10.1 Å². The first-order valence-electron chi connectivity index (χ1n) is 8.26. The number of rotatable bonds is 5. The number of morpholine rings is 1. The lowest BCUT2D eigenvalue weighted by Gasteiger charge is -2.35. The van der Waals surface area contributed by atoms with Gasteiger partial charge in [0.2, 0.25) is 10.0 Å². The van der Waals surface area contributed by atoms with Gasteiger partial charge in [-0.05, 0) is 51.0 Å². The highest BCUT2D eigenvalue weighted by atomic mass is 32.2. The van der Waals surface area contributed by atoms with E-state index in [1.165, 1.54) is 6.07 Å². The van der Waals surface area contributed by atoms with Crippen molar-refractivity contribution in [3.8, 4) is 0 Å². The van der Waals surface area contributed by atoms with Crippen molar-refractivity contribution in [2.24, 2.45) is 5.14 Å². The van der Waals surface area contributed by atoms with Crippen molar-refractivity contribution in [1.82, 2.24) is 10.2 Å². The summed E-state index contributed by atoms with van der Waals surface area (Å²) >= 11 is 0. The quantitative estimate of drug-likeness (QED) is 0.799. The minimum absolute atomic E-state index is 0.0105. The van der Waals surface area contributed by atoms with Crippen LogP contribution in [0.25, 0.3) is 0 Å². The van der Waals surface area contributed by atoms with E-state index < -0.39 is 15.6 Å². The number of benzene rings is 1. The molecule has 1 aromatic rings. The zero-order valence-electron chi connectivity index (χ0n) is 15.3. The largest absolute Gasteiger partial charge is 0.379 e. The fraction of sp³-hybridized carbons (Fsp3) is 0.588. The van der Waals surface area contributed by atoms with Crippen molar-refractivity contribution in [1.29, 1.82) is 0 Å². The Morgan fingerprint density at radius 2 is 1.88 bits per heavy atom. The van der Waals surface area contributed by atoms with Gasteiger partial charge in [0.25, 0.3) is 5.91 Å². The van der Waals surface area contributed by atoms with E-state index in [9.17, 15) is 13.2 Å². The molecule has 8 heteroatoms. The molecule has 0 saturated carbocycles. The number of sulfonamides is 1. The van der Waals surface area contributed by atoms with Gasteiger partial charge in [-0.1, -0.05) is 0 Å². The Morgan fingerprint density at radius 1 is 1.28 bits per heavy atom. The van der Waals surface area contributed by atoms with Crippen LogP contribution in [0.2, 0.25) is 0 Å². The van der Waals surface area contributed by atoms with Crippen LogP contribution < -0.4 is 10.5 Å². The SMILES string of the molecule is Cc1cc(C(=O)NC(C)(C)CN2CCOCC2)cc(S(N)(=O)=O)c1C. The first-order valence-corrected chi connectivity index (χ1v) is 9.81. The molecule has 1 amide bonds. The number of nitrogens with one attached hydrogen (secondary N) is 1. The molecule has 2 rings (SSSR count). The number of nitrogens with zero attached hydrogens (tertiary/aromatic N) is 1. The normalized spacial score (nSPS) is 16.7. The molecule has 0 bridgehead atoms. The second kappa shape index (κ2) is 7.41. The van der Waals surface area contributed by atoms with Crippen molar-refractivity contribution in [2.45, 2.75) is 38.1 Å². The van der Waals surface area contributed by atoms with Crippen LogP contribution in [0.3, 0.4) is 0 Å². The Bertz CT molecular complexity index is 753. The van der Waals surface area contributed by atoms with Gasteiger partial charge in [-0.2, -0.15) is 0 Å². The van der Waals surface area contributed by atoms with Gasteiger partial charge in [0.1, 0.15) is 0 Å². The summed E-state index contributed by atoms with van der Waals surface area (Å²) in [6.45, 7) is 11.1. The highest BCUT2D eigenvalue weighted by Gasteiger charge is 2.26. The Hall–Kier alpha value is -1.48. The molecule has 25 heavy (non-hydrogen) atoms. The van der Waals surface area contributed by atoms with Gasteiger partial charge in [0, 0.05) is 30.7 Å². The van der Waals surface area contributed by atoms with Crippen molar-refractivity contribution in [2.75, 3.05) is 32.8 Å². The number of carbonyl (C=O) groups is 1. The van der Waals surface area contributed by atoms with E-state index in [2.05, 4.69) is 10.2 Å². The van der Waals surface area contributed by atoms with E-state index >= 15 is 0 Å².